The van der Waals surface area contributed by atoms with Crippen LogP contribution < -0.4 is 4.74 Å². The van der Waals surface area contributed by atoms with Gasteiger partial charge in [-0.05, 0) is 66.6 Å². The fraction of sp³-hybridized carbons (Fsp3) is 0.435. The zero-order valence-electron chi connectivity index (χ0n) is 17.2. The van der Waals surface area contributed by atoms with E-state index in [4.69, 9.17) is 4.74 Å². The molecule has 0 amide bonds. The van der Waals surface area contributed by atoms with Crippen LogP contribution >= 0.6 is 0 Å². The van der Waals surface area contributed by atoms with Crippen LogP contribution in [0.4, 0.5) is 0 Å². The lowest BCUT2D eigenvalue weighted by molar-refractivity contribution is 0.0931. The Morgan fingerprint density at radius 1 is 1.04 bits per heavy atom. The van der Waals surface area contributed by atoms with Crippen LogP contribution in [0.25, 0.3) is 11.0 Å². The highest BCUT2D eigenvalue weighted by Gasteiger charge is 2.16. The molecule has 2 aromatic carbocycles. The summed E-state index contributed by atoms with van der Waals surface area (Å²) in [6.45, 7) is 13.5. The molecular weight excluding hydrogens is 336 g/mol. The van der Waals surface area contributed by atoms with Crippen LogP contribution in [0.2, 0.25) is 0 Å². The van der Waals surface area contributed by atoms with Crippen molar-refractivity contribution in [3.8, 4) is 5.75 Å². The highest BCUT2D eigenvalue weighted by atomic mass is 16.5. The predicted octanol–water partition coefficient (Wildman–Crippen LogP) is 4.70. The van der Waals surface area contributed by atoms with Gasteiger partial charge in [-0.3, -0.25) is 0 Å². The largest absolute Gasteiger partial charge is 0.491 e. The Balaban J connectivity index is 1.67. The summed E-state index contributed by atoms with van der Waals surface area (Å²) in [5, 5.41) is 10.5. The molecular formula is C23H30N2O2. The Bertz CT molecular complexity index is 951. The number of aliphatic hydroxyl groups is 1. The highest BCUT2D eigenvalue weighted by molar-refractivity contribution is 5.77. The van der Waals surface area contributed by atoms with Crippen molar-refractivity contribution in [2.75, 3.05) is 6.61 Å². The van der Waals surface area contributed by atoms with E-state index in [1.807, 2.05) is 17.6 Å². The van der Waals surface area contributed by atoms with E-state index in [2.05, 4.69) is 63.9 Å². The van der Waals surface area contributed by atoms with Gasteiger partial charge in [0.1, 0.15) is 18.5 Å². The van der Waals surface area contributed by atoms with Crippen LogP contribution in [0.15, 0.2) is 36.7 Å². The molecule has 1 atom stereocenters. The van der Waals surface area contributed by atoms with E-state index in [9.17, 15) is 5.11 Å². The number of aliphatic hydroxyl groups excluding tert-OH is 1. The average Bonchev–Trinajstić information content (AvgIpc) is 2.95. The van der Waals surface area contributed by atoms with Crippen LogP contribution in [-0.2, 0) is 12.0 Å². The summed E-state index contributed by atoms with van der Waals surface area (Å²) in [7, 11) is 0. The van der Waals surface area contributed by atoms with Crippen LogP contribution in [0.5, 0.6) is 5.75 Å². The van der Waals surface area contributed by atoms with Crippen molar-refractivity contribution < 1.29 is 9.84 Å². The van der Waals surface area contributed by atoms with Crippen molar-refractivity contribution in [1.82, 2.24) is 9.55 Å². The second-order valence-electron chi connectivity index (χ2n) is 8.52. The molecule has 0 aliphatic rings. The minimum Gasteiger partial charge on any atom is -0.491 e. The van der Waals surface area contributed by atoms with Gasteiger partial charge in [0.25, 0.3) is 0 Å². The Kier molecular flexibility index (Phi) is 5.29. The third kappa shape index (κ3) is 4.33. The van der Waals surface area contributed by atoms with E-state index in [-0.39, 0.29) is 12.0 Å². The molecule has 1 aromatic heterocycles. The number of aryl methyl sites for hydroxylation is 3. The molecule has 27 heavy (non-hydrogen) atoms. The van der Waals surface area contributed by atoms with Gasteiger partial charge in [0.2, 0.25) is 0 Å². The van der Waals surface area contributed by atoms with E-state index in [0.717, 1.165) is 22.3 Å². The van der Waals surface area contributed by atoms with Gasteiger partial charge < -0.3 is 14.4 Å². The molecule has 3 aromatic rings. The average molecular weight is 367 g/mol. The molecule has 0 aliphatic carbocycles. The summed E-state index contributed by atoms with van der Waals surface area (Å²) in [6.07, 6.45) is 1.18. The first-order valence-electron chi connectivity index (χ1n) is 9.49. The van der Waals surface area contributed by atoms with E-state index in [0.29, 0.717) is 6.54 Å². The molecule has 4 heteroatoms. The summed E-state index contributed by atoms with van der Waals surface area (Å²) in [4.78, 5) is 4.45. The molecule has 1 N–H and O–H groups in total. The van der Waals surface area contributed by atoms with Crippen LogP contribution in [0.1, 0.15) is 43.0 Å². The lowest BCUT2D eigenvalue weighted by Gasteiger charge is -2.21. The summed E-state index contributed by atoms with van der Waals surface area (Å²) >= 11 is 0. The molecule has 0 fully saturated rings. The molecule has 3 rings (SSSR count). The fourth-order valence-electron chi connectivity index (χ4n) is 3.20. The smallest absolute Gasteiger partial charge is 0.122 e. The van der Waals surface area contributed by atoms with Gasteiger partial charge in [0, 0.05) is 0 Å². The van der Waals surface area contributed by atoms with Crippen molar-refractivity contribution >= 4 is 11.0 Å². The van der Waals surface area contributed by atoms with Crippen molar-refractivity contribution in [2.24, 2.45) is 0 Å². The number of ether oxygens (including phenoxy) is 1. The number of fused-ring (bicyclic) bond motifs is 1. The Hall–Kier alpha value is -2.33. The monoisotopic (exact) mass is 366 g/mol. The van der Waals surface area contributed by atoms with E-state index >= 15 is 0 Å². The van der Waals surface area contributed by atoms with Gasteiger partial charge in [-0.25, -0.2) is 4.98 Å². The number of imidazole rings is 1. The van der Waals surface area contributed by atoms with Crippen molar-refractivity contribution in [2.45, 2.75) is 59.6 Å². The summed E-state index contributed by atoms with van der Waals surface area (Å²) in [6, 6.07) is 10.5. The first-order valence-corrected chi connectivity index (χ1v) is 9.49. The lowest BCUT2D eigenvalue weighted by Crippen LogP contribution is -2.23. The summed E-state index contributed by atoms with van der Waals surface area (Å²) in [5.74, 6) is 0.823. The maximum atomic E-state index is 10.5. The molecule has 0 spiro atoms. The van der Waals surface area contributed by atoms with E-state index < -0.39 is 6.10 Å². The maximum absolute atomic E-state index is 10.5. The first-order chi connectivity index (χ1) is 12.6. The standard InChI is InChI=1S/C23H30N2O2/c1-15-10-20-21(11-16(15)2)25(14-24-20)12-19(26)13-27-22-8-7-18(9-17(22)3)23(4,5)6/h7-11,14,19,26H,12-13H2,1-6H3. The number of hydrogen-bond donors (Lipinski definition) is 1. The van der Waals surface area contributed by atoms with Crippen molar-refractivity contribution in [1.29, 1.82) is 0 Å². The van der Waals surface area contributed by atoms with Gasteiger partial charge in [0.05, 0.1) is 23.9 Å². The quantitative estimate of drug-likeness (QED) is 0.712. The van der Waals surface area contributed by atoms with Gasteiger partial charge in [0.15, 0.2) is 0 Å². The van der Waals surface area contributed by atoms with E-state index in [1.165, 1.54) is 16.7 Å². The van der Waals surface area contributed by atoms with E-state index in [1.54, 1.807) is 6.33 Å². The molecule has 0 aliphatic heterocycles. The zero-order chi connectivity index (χ0) is 19.8. The number of nitrogens with zero attached hydrogens (tertiary/aromatic N) is 2. The molecule has 4 nitrogen and oxygen atoms in total. The second kappa shape index (κ2) is 7.35. The normalized spacial score (nSPS) is 13.1. The first kappa shape index (κ1) is 19.4. The van der Waals surface area contributed by atoms with Gasteiger partial charge in [-0.15, -0.1) is 0 Å². The second-order valence-corrected chi connectivity index (χ2v) is 8.52. The fourth-order valence-corrected chi connectivity index (χ4v) is 3.20. The molecule has 144 valence electrons. The van der Waals surface area contributed by atoms with Crippen LogP contribution in [0.3, 0.4) is 0 Å². The summed E-state index contributed by atoms with van der Waals surface area (Å²) < 4.78 is 7.88. The molecule has 0 bridgehead atoms. The number of hydrogen-bond acceptors (Lipinski definition) is 3. The van der Waals surface area contributed by atoms with Crippen molar-refractivity contribution in [3.05, 3.63) is 58.9 Å². The SMILES string of the molecule is Cc1cc2ncn(CC(O)COc3ccc(C(C)(C)C)cc3C)c2cc1C. The number of rotatable bonds is 5. The van der Waals surface area contributed by atoms with Gasteiger partial charge >= 0.3 is 0 Å². The zero-order valence-corrected chi connectivity index (χ0v) is 17.2. The molecule has 0 saturated carbocycles. The highest BCUT2D eigenvalue weighted by Crippen LogP contribution is 2.27. The minimum absolute atomic E-state index is 0.113. The van der Waals surface area contributed by atoms with Gasteiger partial charge in [-0.2, -0.15) is 0 Å². The third-order valence-corrected chi connectivity index (χ3v) is 5.12. The van der Waals surface area contributed by atoms with Gasteiger partial charge in [-0.1, -0.05) is 32.9 Å². The Labute approximate surface area is 161 Å². The van der Waals surface area contributed by atoms with Crippen LogP contribution in [0, 0.1) is 20.8 Å². The maximum Gasteiger partial charge on any atom is 0.122 e. The predicted molar refractivity (Wildman–Crippen MR) is 111 cm³/mol. The van der Waals surface area contributed by atoms with Crippen molar-refractivity contribution in [3.63, 3.8) is 0 Å². The Morgan fingerprint density at radius 2 is 1.74 bits per heavy atom. The molecule has 1 heterocycles. The summed E-state index contributed by atoms with van der Waals surface area (Å²) in [5.41, 5.74) is 6.94. The number of aromatic nitrogens is 2. The molecule has 1 unspecified atom stereocenters. The third-order valence-electron chi connectivity index (χ3n) is 5.12. The molecule has 0 radical (unpaired) electrons. The topological polar surface area (TPSA) is 47.3 Å². The Morgan fingerprint density at radius 3 is 2.41 bits per heavy atom. The lowest BCUT2D eigenvalue weighted by atomic mass is 9.86. The number of benzene rings is 2. The molecule has 0 saturated heterocycles. The minimum atomic E-state index is -0.606. The van der Waals surface area contributed by atoms with Crippen LogP contribution in [-0.4, -0.2) is 27.4 Å².